The molecule has 112 valence electrons. The zero-order valence-electron chi connectivity index (χ0n) is 10.8. The van der Waals surface area contributed by atoms with Crippen LogP contribution in [0.5, 0.6) is 0 Å². The van der Waals surface area contributed by atoms with Crippen LogP contribution in [0.25, 0.3) is 0 Å². The number of aromatic carboxylic acids is 1. The van der Waals surface area contributed by atoms with Crippen LogP contribution in [-0.2, 0) is 19.3 Å². The molecule has 1 aromatic heterocycles. The number of carbonyl (C=O) groups is 1. The maximum atomic E-state index is 12.8. The summed E-state index contributed by atoms with van der Waals surface area (Å²) in [7, 11) is 0. The molecule has 4 nitrogen and oxygen atoms in total. The Hall–Kier alpha value is -2.28. The molecule has 21 heavy (non-hydrogen) atoms. The summed E-state index contributed by atoms with van der Waals surface area (Å²) in [5.74, 6) is -1.43. The molecule has 0 bridgehead atoms. The fraction of sp³-hybridized carbons (Fsp3) is 0.214. The van der Waals surface area contributed by atoms with E-state index in [0.29, 0.717) is 5.56 Å². The lowest BCUT2D eigenvalue weighted by Gasteiger charge is -2.13. The molecular formula is C14H12F3NO3. The highest BCUT2D eigenvalue weighted by Gasteiger charge is 2.32. The molecule has 7 heteroatoms. The molecule has 0 spiro atoms. The first-order valence-corrected chi connectivity index (χ1v) is 6.05. The second-order valence-corrected chi connectivity index (χ2v) is 4.34. The van der Waals surface area contributed by atoms with Gasteiger partial charge in [-0.25, -0.2) is 4.79 Å². The number of hydrogen-bond donors (Lipinski definition) is 2. The van der Waals surface area contributed by atoms with E-state index in [0.717, 1.165) is 6.07 Å². The highest BCUT2D eigenvalue weighted by Crippen LogP contribution is 2.31. The van der Waals surface area contributed by atoms with Gasteiger partial charge in [0, 0.05) is 18.7 Å². The smallest absolute Gasteiger partial charge is 0.416 e. The van der Waals surface area contributed by atoms with E-state index in [-0.39, 0.29) is 24.4 Å². The van der Waals surface area contributed by atoms with Crippen molar-refractivity contribution in [3.63, 3.8) is 0 Å². The fourth-order valence-corrected chi connectivity index (χ4v) is 1.95. The molecule has 2 rings (SSSR count). The summed E-state index contributed by atoms with van der Waals surface area (Å²) < 4.78 is 43.2. The van der Waals surface area contributed by atoms with Crippen molar-refractivity contribution in [2.75, 3.05) is 0 Å². The SMILES string of the molecule is O=C(O)c1occc1CNCc1ccccc1C(F)(F)F. The van der Waals surface area contributed by atoms with Crippen LogP contribution in [0.3, 0.4) is 0 Å². The summed E-state index contributed by atoms with van der Waals surface area (Å²) >= 11 is 0. The number of halogens is 3. The van der Waals surface area contributed by atoms with Crippen molar-refractivity contribution >= 4 is 5.97 Å². The topological polar surface area (TPSA) is 62.5 Å². The van der Waals surface area contributed by atoms with Crippen LogP contribution in [0, 0.1) is 0 Å². The quantitative estimate of drug-likeness (QED) is 0.889. The fourth-order valence-electron chi connectivity index (χ4n) is 1.95. The van der Waals surface area contributed by atoms with Crippen LogP contribution in [-0.4, -0.2) is 11.1 Å². The first-order chi connectivity index (χ1) is 9.89. The van der Waals surface area contributed by atoms with Crippen molar-refractivity contribution in [3.05, 3.63) is 59.0 Å². The van der Waals surface area contributed by atoms with Crippen LogP contribution >= 0.6 is 0 Å². The third kappa shape index (κ3) is 3.63. The van der Waals surface area contributed by atoms with Crippen molar-refractivity contribution in [3.8, 4) is 0 Å². The number of furan rings is 1. The summed E-state index contributed by atoms with van der Waals surface area (Å²) in [6, 6.07) is 6.70. The molecular weight excluding hydrogens is 287 g/mol. The van der Waals surface area contributed by atoms with Gasteiger partial charge in [-0.2, -0.15) is 13.2 Å². The second-order valence-electron chi connectivity index (χ2n) is 4.34. The van der Waals surface area contributed by atoms with Gasteiger partial charge in [-0.1, -0.05) is 18.2 Å². The Labute approximate surface area is 118 Å². The predicted molar refractivity (Wildman–Crippen MR) is 67.7 cm³/mol. The molecule has 2 aromatic rings. The van der Waals surface area contributed by atoms with E-state index in [4.69, 9.17) is 9.52 Å². The van der Waals surface area contributed by atoms with Gasteiger partial charge >= 0.3 is 12.1 Å². The van der Waals surface area contributed by atoms with Crippen LogP contribution in [0.2, 0.25) is 0 Å². The Morgan fingerprint density at radius 3 is 2.48 bits per heavy atom. The first kappa shape index (κ1) is 15.1. The number of rotatable bonds is 5. The highest BCUT2D eigenvalue weighted by atomic mass is 19.4. The number of alkyl halides is 3. The number of nitrogens with one attached hydrogen (secondary N) is 1. The molecule has 0 aliphatic heterocycles. The Balaban J connectivity index is 2.04. The van der Waals surface area contributed by atoms with E-state index in [2.05, 4.69) is 5.32 Å². The van der Waals surface area contributed by atoms with Gasteiger partial charge in [-0.3, -0.25) is 0 Å². The highest BCUT2D eigenvalue weighted by molar-refractivity contribution is 5.86. The zero-order chi connectivity index (χ0) is 15.5. The summed E-state index contributed by atoms with van der Waals surface area (Å²) in [4.78, 5) is 10.8. The molecule has 0 saturated heterocycles. The van der Waals surface area contributed by atoms with Gasteiger partial charge in [0.15, 0.2) is 0 Å². The summed E-state index contributed by atoms with van der Waals surface area (Å²) in [5, 5.41) is 11.6. The van der Waals surface area contributed by atoms with Crippen LogP contribution in [0.15, 0.2) is 41.0 Å². The van der Waals surface area contributed by atoms with Crippen molar-refractivity contribution < 1.29 is 27.5 Å². The minimum Gasteiger partial charge on any atom is -0.475 e. The van der Waals surface area contributed by atoms with Crippen LogP contribution in [0.4, 0.5) is 13.2 Å². The van der Waals surface area contributed by atoms with Gasteiger partial charge in [-0.05, 0) is 17.7 Å². The maximum Gasteiger partial charge on any atom is 0.416 e. The third-order valence-corrected chi connectivity index (χ3v) is 2.89. The molecule has 0 atom stereocenters. The van der Waals surface area contributed by atoms with Crippen LogP contribution in [0.1, 0.15) is 27.2 Å². The van der Waals surface area contributed by atoms with Gasteiger partial charge in [0.2, 0.25) is 5.76 Å². The Bertz CT molecular complexity index is 634. The average molecular weight is 299 g/mol. The van der Waals surface area contributed by atoms with Gasteiger partial charge in [0.25, 0.3) is 0 Å². The number of hydrogen-bond acceptors (Lipinski definition) is 3. The van der Waals surface area contributed by atoms with E-state index < -0.39 is 17.7 Å². The molecule has 0 unspecified atom stereocenters. The van der Waals surface area contributed by atoms with E-state index in [9.17, 15) is 18.0 Å². The largest absolute Gasteiger partial charge is 0.475 e. The van der Waals surface area contributed by atoms with E-state index in [1.165, 1.54) is 30.5 Å². The van der Waals surface area contributed by atoms with E-state index >= 15 is 0 Å². The molecule has 1 heterocycles. The van der Waals surface area contributed by atoms with Crippen LogP contribution < -0.4 is 5.32 Å². The van der Waals surface area contributed by atoms with Crippen molar-refractivity contribution in [1.29, 1.82) is 0 Å². The van der Waals surface area contributed by atoms with Crippen molar-refractivity contribution in [2.45, 2.75) is 19.3 Å². The standard InChI is InChI=1S/C14H12F3NO3/c15-14(16,17)11-4-2-1-3-9(11)7-18-8-10-5-6-21-12(10)13(19)20/h1-6,18H,7-8H2,(H,19,20). The molecule has 1 aromatic carbocycles. The number of carboxylic acids is 1. The normalized spacial score (nSPS) is 11.6. The Morgan fingerprint density at radius 1 is 1.14 bits per heavy atom. The predicted octanol–water partition coefficient (Wildman–Crippen LogP) is 3.29. The van der Waals surface area contributed by atoms with E-state index in [1.807, 2.05) is 0 Å². The Morgan fingerprint density at radius 2 is 1.81 bits per heavy atom. The van der Waals surface area contributed by atoms with Crippen molar-refractivity contribution in [2.24, 2.45) is 0 Å². The second kappa shape index (κ2) is 6.01. The minimum atomic E-state index is -4.42. The van der Waals surface area contributed by atoms with Gasteiger partial charge in [0.1, 0.15) is 0 Å². The first-order valence-electron chi connectivity index (χ1n) is 6.05. The molecule has 0 radical (unpaired) electrons. The minimum absolute atomic E-state index is 0.0279. The molecule has 0 aliphatic carbocycles. The molecule has 0 fully saturated rings. The maximum absolute atomic E-state index is 12.8. The van der Waals surface area contributed by atoms with Gasteiger partial charge in [0.05, 0.1) is 11.8 Å². The van der Waals surface area contributed by atoms with E-state index in [1.54, 1.807) is 0 Å². The molecule has 0 aliphatic rings. The van der Waals surface area contributed by atoms with Gasteiger partial charge in [-0.15, -0.1) is 0 Å². The summed E-state index contributed by atoms with van der Waals surface area (Å²) in [6.45, 7) is 0.0737. The zero-order valence-corrected chi connectivity index (χ0v) is 10.8. The number of carboxylic acid groups (broad SMARTS) is 1. The van der Waals surface area contributed by atoms with Gasteiger partial charge < -0.3 is 14.8 Å². The third-order valence-electron chi connectivity index (χ3n) is 2.89. The summed E-state index contributed by atoms with van der Waals surface area (Å²) in [5.41, 5.74) is -0.222. The lowest BCUT2D eigenvalue weighted by molar-refractivity contribution is -0.138. The lowest BCUT2D eigenvalue weighted by atomic mass is 10.1. The van der Waals surface area contributed by atoms with Crippen molar-refractivity contribution in [1.82, 2.24) is 5.32 Å². The monoisotopic (exact) mass is 299 g/mol. The molecule has 0 saturated carbocycles. The molecule has 0 amide bonds. The molecule has 2 N–H and O–H groups in total. The average Bonchev–Trinajstić information content (AvgIpc) is 2.87. The lowest BCUT2D eigenvalue weighted by Crippen LogP contribution is -2.18. The Kier molecular flexibility index (Phi) is 4.32. The summed E-state index contributed by atoms with van der Waals surface area (Å²) in [6.07, 6.45) is -3.19. The number of benzene rings is 1.